The summed E-state index contributed by atoms with van der Waals surface area (Å²) in [6.07, 6.45) is -7.87. The third kappa shape index (κ3) is 6.52. The molecule has 0 saturated heterocycles. The van der Waals surface area contributed by atoms with Crippen LogP contribution in [0.1, 0.15) is 35.6 Å². The SMILES string of the molecule is COc1ccc(C(NC2=N[C@](C)(c3cc(-c4nc5ccc(Cl)cc5o4)ccc3F)C[C@@H](C(F)(F)F)O2)(c2ccccc2)c2ccc(OC)cc2)cc1. The molecule has 1 aliphatic heterocycles. The average molecular weight is 730 g/mol. The van der Waals surface area contributed by atoms with Crippen LogP contribution in [0.25, 0.3) is 22.6 Å². The molecular formula is C40H32ClF4N3O4. The molecule has 1 aliphatic rings. The Bertz CT molecular complexity index is 2200. The molecule has 52 heavy (non-hydrogen) atoms. The minimum Gasteiger partial charge on any atom is -0.497 e. The predicted molar refractivity (Wildman–Crippen MR) is 190 cm³/mol. The summed E-state index contributed by atoms with van der Waals surface area (Å²) in [5.74, 6) is 0.546. The largest absolute Gasteiger partial charge is 0.497 e. The molecule has 1 aromatic heterocycles. The van der Waals surface area contributed by atoms with Crippen molar-refractivity contribution in [3.63, 3.8) is 0 Å². The molecule has 0 unspecified atom stereocenters. The van der Waals surface area contributed by atoms with Crippen molar-refractivity contribution in [2.24, 2.45) is 4.99 Å². The van der Waals surface area contributed by atoms with Gasteiger partial charge in [-0.3, -0.25) is 0 Å². The van der Waals surface area contributed by atoms with Crippen LogP contribution in [-0.2, 0) is 15.8 Å². The number of aliphatic imine (C=N–C) groups is 1. The second-order valence-corrected chi connectivity index (χ2v) is 13.0. The summed E-state index contributed by atoms with van der Waals surface area (Å²) < 4.78 is 82.6. The first-order valence-corrected chi connectivity index (χ1v) is 16.6. The minimum atomic E-state index is -4.83. The first kappa shape index (κ1) is 34.9. The predicted octanol–water partition coefficient (Wildman–Crippen LogP) is 9.81. The molecule has 7 rings (SSSR count). The van der Waals surface area contributed by atoms with Crippen LogP contribution in [0.3, 0.4) is 0 Å². The highest BCUT2D eigenvalue weighted by Gasteiger charge is 2.52. The molecule has 266 valence electrons. The van der Waals surface area contributed by atoms with Gasteiger partial charge in [0.05, 0.1) is 19.8 Å². The van der Waals surface area contributed by atoms with E-state index in [1.54, 1.807) is 42.5 Å². The van der Waals surface area contributed by atoms with Gasteiger partial charge in [-0.05, 0) is 78.2 Å². The molecular weight excluding hydrogens is 698 g/mol. The Morgan fingerprint density at radius 1 is 0.808 bits per heavy atom. The maximum absolute atomic E-state index is 15.9. The van der Waals surface area contributed by atoms with Crippen molar-refractivity contribution in [1.29, 1.82) is 0 Å². The van der Waals surface area contributed by atoms with Crippen LogP contribution in [0.4, 0.5) is 17.6 Å². The maximum atomic E-state index is 15.9. The van der Waals surface area contributed by atoms with Crippen molar-refractivity contribution in [2.75, 3.05) is 14.2 Å². The van der Waals surface area contributed by atoms with E-state index in [0.717, 1.165) is 0 Å². The first-order valence-electron chi connectivity index (χ1n) is 16.2. The summed E-state index contributed by atoms with van der Waals surface area (Å²) >= 11 is 6.12. The molecule has 0 aliphatic carbocycles. The number of oxazole rings is 1. The molecule has 0 saturated carbocycles. The number of nitrogens with zero attached hydrogens (tertiary/aromatic N) is 2. The fraction of sp³-hybridized carbons (Fsp3) is 0.200. The van der Waals surface area contributed by atoms with Gasteiger partial charge in [0.25, 0.3) is 6.02 Å². The number of alkyl halides is 3. The minimum absolute atomic E-state index is 0.0960. The van der Waals surface area contributed by atoms with E-state index >= 15 is 4.39 Å². The fourth-order valence-corrected chi connectivity index (χ4v) is 6.75. The van der Waals surface area contributed by atoms with Crippen molar-refractivity contribution in [3.8, 4) is 23.0 Å². The van der Waals surface area contributed by atoms with E-state index < -0.39 is 41.6 Å². The maximum Gasteiger partial charge on any atom is 0.425 e. The molecule has 0 fully saturated rings. The number of benzene rings is 5. The summed E-state index contributed by atoms with van der Waals surface area (Å²) in [5, 5.41) is 3.73. The zero-order chi connectivity index (χ0) is 36.7. The monoisotopic (exact) mass is 729 g/mol. The van der Waals surface area contributed by atoms with E-state index in [1.165, 1.54) is 39.3 Å². The van der Waals surface area contributed by atoms with Gasteiger partial charge in [-0.15, -0.1) is 0 Å². The number of fused-ring (bicyclic) bond motifs is 1. The molecule has 5 aromatic carbocycles. The van der Waals surface area contributed by atoms with Crippen LogP contribution >= 0.6 is 11.6 Å². The number of methoxy groups -OCH3 is 2. The van der Waals surface area contributed by atoms with Gasteiger partial charge >= 0.3 is 6.18 Å². The van der Waals surface area contributed by atoms with E-state index in [9.17, 15) is 13.2 Å². The van der Waals surface area contributed by atoms with Crippen LogP contribution in [0.5, 0.6) is 11.5 Å². The lowest BCUT2D eigenvalue weighted by molar-refractivity contribution is -0.209. The molecule has 0 amide bonds. The number of ether oxygens (including phenoxy) is 3. The van der Waals surface area contributed by atoms with Gasteiger partial charge in [-0.1, -0.05) is 66.2 Å². The van der Waals surface area contributed by atoms with Crippen LogP contribution < -0.4 is 14.8 Å². The van der Waals surface area contributed by atoms with Crippen LogP contribution in [0.15, 0.2) is 125 Å². The van der Waals surface area contributed by atoms with Crippen molar-refractivity contribution in [2.45, 2.75) is 36.7 Å². The number of hydrogen-bond donors (Lipinski definition) is 1. The van der Waals surface area contributed by atoms with E-state index in [1.807, 2.05) is 54.6 Å². The summed E-state index contributed by atoms with van der Waals surface area (Å²) in [4.78, 5) is 9.24. The molecule has 12 heteroatoms. The van der Waals surface area contributed by atoms with Gasteiger partial charge in [-0.25, -0.2) is 14.4 Å². The molecule has 0 radical (unpaired) electrons. The number of halogens is 5. The Hall–Kier alpha value is -5.55. The lowest BCUT2D eigenvalue weighted by Crippen LogP contribution is -2.54. The van der Waals surface area contributed by atoms with Crippen LogP contribution in [-0.4, -0.2) is 37.5 Å². The Labute approximate surface area is 301 Å². The van der Waals surface area contributed by atoms with Gasteiger partial charge in [0, 0.05) is 28.6 Å². The van der Waals surface area contributed by atoms with Gasteiger partial charge < -0.3 is 23.9 Å². The van der Waals surface area contributed by atoms with Crippen LogP contribution in [0, 0.1) is 5.82 Å². The molecule has 7 nitrogen and oxygen atoms in total. The lowest BCUT2D eigenvalue weighted by Gasteiger charge is -2.42. The summed E-state index contributed by atoms with van der Waals surface area (Å²) in [7, 11) is 3.08. The zero-order valence-corrected chi connectivity index (χ0v) is 28.9. The number of rotatable bonds is 8. The van der Waals surface area contributed by atoms with Gasteiger partial charge in [0.15, 0.2) is 11.7 Å². The first-order chi connectivity index (χ1) is 24.9. The molecule has 2 heterocycles. The van der Waals surface area contributed by atoms with Crippen molar-refractivity contribution in [1.82, 2.24) is 10.3 Å². The van der Waals surface area contributed by atoms with Gasteiger partial charge in [-0.2, -0.15) is 13.2 Å². The quantitative estimate of drug-likeness (QED) is 0.124. The van der Waals surface area contributed by atoms with E-state index in [0.29, 0.717) is 49.9 Å². The molecule has 1 N–H and O–H groups in total. The summed E-state index contributed by atoms with van der Waals surface area (Å²) in [6, 6.07) is 32.0. The third-order valence-electron chi connectivity index (χ3n) is 9.24. The topological polar surface area (TPSA) is 78.1 Å². The molecule has 0 spiro atoms. The van der Waals surface area contributed by atoms with E-state index in [-0.39, 0.29) is 11.5 Å². The highest BCUT2D eigenvalue weighted by Crippen LogP contribution is 2.44. The lowest BCUT2D eigenvalue weighted by atomic mass is 9.77. The normalized spacial score (nSPS) is 17.7. The van der Waals surface area contributed by atoms with Gasteiger partial charge in [0.2, 0.25) is 5.89 Å². The Balaban J connectivity index is 1.41. The average Bonchev–Trinajstić information content (AvgIpc) is 3.57. The Kier molecular flexibility index (Phi) is 9.08. The van der Waals surface area contributed by atoms with Gasteiger partial charge in [0.1, 0.15) is 28.4 Å². The molecule has 0 bridgehead atoms. The Morgan fingerprint density at radius 3 is 2.02 bits per heavy atom. The smallest absolute Gasteiger partial charge is 0.425 e. The summed E-state index contributed by atoms with van der Waals surface area (Å²) in [5.41, 5.74) is -0.0317. The Morgan fingerprint density at radius 2 is 1.42 bits per heavy atom. The van der Waals surface area contributed by atoms with E-state index in [4.69, 9.17) is 35.2 Å². The van der Waals surface area contributed by atoms with Crippen molar-refractivity contribution >= 4 is 28.7 Å². The fourth-order valence-electron chi connectivity index (χ4n) is 6.58. The number of hydrogen-bond acceptors (Lipinski definition) is 7. The number of aromatic nitrogens is 1. The van der Waals surface area contributed by atoms with Crippen LogP contribution in [0.2, 0.25) is 5.02 Å². The third-order valence-corrected chi connectivity index (χ3v) is 9.48. The van der Waals surface area contributed by atoms with E-state index in [2.05, 4.69) is 10.3 Å². The highest BCUT2D eigenvalue weighted by molar-refractivity contribution is 6.31. The van der Waals surface area contributed by atoms with Crippen molar-refractivity contribution < 1.29 is 36.2 Å². The summed E-state index contributed by atoms with van der Waals surface area (Å²) in [6.45, 7) is 1.45. The second kappa shape index (κ2) is 13.5. The zero-order valence-electron chi connectivity index (χ0n) is 28.2. The second-order valence-electron chi connectivity index (χ2n) is 12.6. The molecule has 2 atom stereocenters. The van der Waals surface area contributed by atoms with Crippen molar-refractivity contribution in [3.05, 3.63) is 148 Å². The standard InChI is InChI=1S/C40H32ClF4N3O4/c1-38(31-21-24(9-19-32(31)42)36-46-33-20-14-28(41)22-34(33)51-36)23-35(40(43,44)45)52-37(47-38)48-39(25-7-5-4-6-8-25,26-10-15-29(49-2)16-11-26)27-12-17-30(50-3)18-13-27/h4-22,35H,23H2,1-3H3,(H,47,48)/t35-,38-/m0/s1. The molecule has 6 aromatic rings. The number of amidine groups is 1. The number of nitrogens with one attached hydrogen (secondary N) is 1. The highest BCUT2D eigenvalue weighted by atomic mass is 35.5.